The van der Waals surface area contributed by atoms with Gasteiger partial charge in [0.2, 0.25) is 10.0 Å². The Morgan fingerprint density at radius 3 is 2.09 bits per heavy atom. The van der Waals surface area contributed by atoms with Crippen molar-refractivity contribution in [3.05, 3.63) is 35.1 Å². The van der Waals surface area contributed by atoms with Crippen molar-refractivity contribution in [2.75, 3.05) is 14.2 Å². The van der Waals surface area contributed by atoms with E-state index in [1.54, 1.807) is 0 Å². The SMILES string of the molecule is COc1nc(CNS(=O)(=O)c2ccc(Cl)cc2)nc(OC)n1. The van der Waals surface area contributed by atoms with Gasteiger partial charge < -0.3 is 9.47 Å². The molecule has 118 valence electrons. The number of methoxy groups -OCH3 is 2. The number of aromatic nitrogens is 3. The van der Waals surface area contributed by atoms with Gasteiger partial charge in [-0.3, -0.25) is 0 Å². The minimum absolute atomic E-state index is 0.0348. The molecule has 8 nitrogen and oxygen atoms in total. The van der Waals surface area contributed by atoms with Crippen molar-refractivity contribution in [2.24, 2.45) is 0 Å². The summed E-state index contributed by atoms with van der Waals surface area (Å²) in [6.07, 6.45) is 0. The minimum atomic E-state index is -3.71. The monoisotopic (exact) mass is 344 g/mol. The highest BCUT2D eigenvalue weighted by atomic mass is 35.5. The van der Waals surface area contributed by atoms with Crippen LogP contribution in [0.3, 0.4) is 0 Å². The lowest BCUT2D eigenvalue weighted by atomic mass is 10.4. The van der Waals surface area contributed by atoms with E-state index in [9.17, 15) is 8.42 Å². The smallest absolute Gasteiger partial charge is 0.322 e. The molecule has 0 bridgehead atoms. The van der Waals surface area contributed by atoms with E-state index >= 15 is 0 Å². The topological polar surface area (TPSA) is 103 Å². The average molecular weight is 345 g/mol. The maximum absolute atomic E-state index is 12.1. The highest BCUT2D eigenvalue weighted by Crippen LogP contribution is 2.14. The highest BCUT2D eigenvalue weighted by Gasteiger charge is 2.15. The first-order valence-corrected chi connectivity index (χ1v) is 7.89. The molecule has 0 atom stereocenters. The Morgan fingerprint density at radius 2 is 1.59 bits per heavy atom. The maximum Gasteiger partial charge on any atom is 0.322 e. The number of ether oxygens (including phenoxy) is 2. The van der Waals surface area contributed by atoms with Gasteiger partial charge in [-0.15, -0.1) is 4.98 Å². The molecule has 1 N–H and O–H groups in total. The maximum atomic E-state index is 12.1. The number of benzene rings is 1. The largest absolute Gasteiger partial charge is 0.467 e. The lowest BCUT2D eigenvalue weighted by Crippen LogP contribution is -2.24. The fourth-order valence-corrected chi connectivity index (χ4v) is 2.60. The van der Waals surface area contributed by atoms with Crippen LogP contribution in [-0.2, 0) is 16.6 Å². The summed E-state index contributed by atoms with van der Waals surface area (Å²) in [6.45, 7) is -0.139. The van der Waals surface area contributed by atoms with Gasteiger partial charge in [-0.1, -0.05) is 11.6 Å². The Balaban J connectivity index is 2.16. The third-order valence-electron chi connectivity index (χ3n) is 2.55. The van der Waals surface area contributed by atoms with Crippen molar-refractivity contribution < 1.29 is 17.9 Å². The molecule has 2 rings (SSSR count). The molecule has 22 heavy (non-hydrogen) atoms. The summed E-state index contributed by atoms with van der Waals surface area (Å²) in [7, 11) is -0.934. The molecule has 1 aromatic heterocycles. The van der Waals surface area contributed by atoms with Crippen LogP contribution in [0.1, 0.15) is 5.82 Å². The summed E-state index contributed by atoms with van der Waals surface area (Å²) in [5.74, 6) is 0.168. The summed E-state index contributed by atoms with van der Waals surface area (Å²) in [5.41, 5.74) is 0. The second-order valence-corrected chi connectivity index (χ2v) is 6.21. The fraction of sp³-hybridized carbons (Fsp3) is 0.250. The zero-order valence-corrected chi connectivity index (χ0v) is 13.3. The molecule has 2 aromatic rings. The van der Waals surface area contributed by atoms with Gasteiger partial charge in [0.05, 0.1) is 25.7 Å². The first-order chi connectivity index (χ1) is 10.4. The van der Waals surface area contributed by atoms with Gasteiger partial charge in [-0.2, -0.15) is 9.97 Å². The molecule has 0 aliphatic rings. The van der Waals surface area contributed by atoms with Crippen molar-refractivity contribution >= 4 is 21.6 Å². The summed E-state index contributed by atoms with van der Waals surface area (Å²) >= 11 is 5.73. The molecular weight excluding hydrogens is 332 g/mol. The van der Waals surface area contributed by atoms with Crippen LogP contribution < -0.4 is 14.2 Å². The normalized spacial score (nSPS) is 11.2. The minimum Gasteiger partial charge on any atom is -0.467 e. The Kier molecular flexibility index (Phi) is 5.11. The van der Waals surface area contributed by atoms with Crippen LogP contribution in [0, 0.1) is 0 Å². The van der Waals surface area contributed by atoms with E-state index in [4.69, 9.17) is 21.1 Å². The average Bonchev–Trinajstić information content (AvgIpc) is 2.53. The number of nitrogens with zero attached hydrogens (tertiary/aromatic N) is 3. The van der Waals surface area contributed by atoms with Crippen LogP contribution in [0.25, 0.3) is 0 Å². The van der Waals surface area contributed by atoms with Crippen molar-refractivity contribution in [3.8, 4) is 12.0 Å². The summed E-state index contributed by atoms with van der Waals surface area (Å²) in [5, 5.41) is 0.450. The molecule has 0 fully saturated rings. The van der Waals surface area contributed by atoms with Gasteiger partial charge in [0.15, 0.2) is 5.82 Å². The molecule has 0 amide bonds. The van der Waals surface area contributed by atoms with Crippen molar-refractivity contribution in [1.82, 2.24) is 19.7 Å². The number of rotatable bonds is 6. The number of halogens is 1. The summed E-state index contributed by atoms with van der Waals surface area (Å²) in [6, 6.07) is 5.86. The van der Waals surface area contributed by atoms with E-state index in [0.717, 1.165) is 0 Å². The van der Waals surface area contributed by atoms with Gasteiger partial charge in [-0.25, -0.2) is 13.1 Å². The van der Waals surface area contributed by atoms with Gasteiger partial charge in [-0.05, 0) is 24.3 Å². The molecule has 1 heterocycles. The van der Waals surface area contributed by atoms with E-state index in [-0.39, 0.29) is 29.3 Å². The van der Waals surface area contributed by atoms with E-state index in [2.05, 4.69) is 19.7 Å². The lowest BCUT2D eigenvalue weighted by Gasteiger charge is -2.07. The Hall–Kier alpha value is -1.97. The van der Waals surface area contributed by atoms with Crippen molar-refractivity contribution in [3.63, 3.8) is 0 Å². The first-order valence-electron chi connectivity index (χ1n) is 6.03. The predicted molar refractivity (Wildman–Crippen MR) is 78.4 cm³/mol. The number of hydrogen-bond donors (Lipinski definition) is 1. The number of sulfonamides is 1. The molecule has 10 heteroatoms. The van der Waals surface area contributed by atoms with E-state index < -0.39 is 10.0 Å². The second kappa shape index (κ2) is 6.86. The van der Waals surface area contributed by atoms with Crippen molar-refractivity contribution in [1.29, 1.82) is 0 Å². The summed E-state index contributed by atoms with van der Waals surface area (Å²) < 4.78 is 36.4. The quantitative estimate of drug-likeness (QED) is 0.834. The molecule has 1 aromatic carbocycles. The highest BCUT2D eigenvalue weighted by molar-refractivity contribution is 7.89. The van der Waals surface area contributed by atoms with Crippen LogP contribution in [-0.4, -0.2) is 37.6 Å². The first kappa shape index (κ1) is 16.4. The van der Waals surface area contributed by atoms with Crippen molar-refractivity contribution in [2.45, 2.75) is 11.4 Å². The lowest BCUT2D eigenvalue weighted by molar-refractivity contribution is 0.336. The summed E-state index contributed by atoms with van der Waals surface area (Å²) in [4.78, 5) is 11.8. The molecule has 0 unspecified atom stereocenters. The zero-order valence-electron chi connectivity index (χ0n) is 11.8. The van der Waals surface area contributed by atoms with Gasteiger partial charge in [0.25, 0.3) is 0 Å². The van der Waals surface area contributed by atoms with Gasteiger partial charge in [0, 0.05) is 5.02 Å². The molecule has 0 aliphatic heterocycles. The Bertz CT molecular complexity index is 730. The van der Waals surface area contributed by atoms with Crippen LogP contribution in [0.15, 0.2) is 29.2 Å². The van der Waals surface area contributed by atoms with E-state index in [0.29, 0.717) is 5.02 Å². The third kappa shape index (κ3) is 4.03. The molecule has 0 radical (unpaired) electrons. The predicted octanol–water partition coefficient (Wildman–Crippen LogP) is 1.02. The molecule has 0 spiro atoms. The molecular formula is C12H13ClN4O4S. The van der Waals surface area contributed by atoms with Crippen LogP contribution in [0.4, 0.5) is 0 Å². The zero-order chi connectivity index (χ0) is 16.2. The van der Waals surface area contributed by atoms with E-state index in [1.807, 2.05) is 0 Å². The molecule has 0 saturated carbocycles. The van der Waals surface area contributed by atoms with Crippen LogP contribution >= 0.6 is 11.6 Å². The second-order valence-electron chi connectivity index (χ2n) is 4.00. The molecule has 0 aliphatic carbocycles. The van der Waals surface area contributed by atoms with Gasteiger partial charge in [0.1, 0.15) is 0 Å². The van der Waals surface area contributed by atoms with E-state index in [1.165, 1.54) is 38.5 Å². The van der Waals surface area contributed by atoms with Gasteiger partial charge >= 0.3 is 12.0 Å². The molecule has 0 saturated heterocycles. The third-order valence-corrected chi connectivity index (χ3v) is 4.22. The standard InChI is InChI=1S/C12H13ClN4O4S/c1-20-11-15-10(16-12(17-11)21-2)7-14-22(18,19)9-5-3-8(13)4-6-9/h3-6,14H,7H2,1-2H3. The Morgan fingerprint density at radius 1 is 1.05 bits per heavy atom. The Labute approximate surface area is 132 Å². The number of nitrogens with one attached hydrogen (secondary N) is 1. The fourth-order valence-electron chi connectivity index (χ4n) is 1.50. The number of hydrogen-bond acceptors (Lipinski definition) is 7. The van der Waals surface area contributed by atoms with Crippen LogP contribution in [0.2, 0.25) is 5.02 Å². The van der Waals surface area contributed by atoms with Crippen LogP contribution in [0.5, 0.6) is 12.0 Å².